The van der Waals surface area contributed by atoms with E-state index < -0.39 is 17.5 Å². The van der Waals surface area contributed by atoms with Gasteiger partial charge in [-0.3, -0.25) is 4.79 Å². The first-order chi connectivity index (χ1) is 9.00. The van der Waals surface area contributed by atoms with Gasteiger partial charge in [0, 0.05) is 4.47 Å². The number of benzene rings is 2. The van der Waals surface area contributed by atoms with Crippen LogP contribution in [-0.4, -0.2) is 5.91 Å². The maximum absolute atomic E-state index is 13.4. The Morgan fingerprint density at radius 2 is 1.84 bits per heavy atom. The predicted octanol–water partition coefficient (Wildman–Crippen LogP) is 4.63. The van der Waals surface area contributed by atoms with Crippen LogP contribution in [0.2, 0.25) is 5.02 Å². The fourth-order valence-corrected chi connectivity index (χ4v) is 2.05. The maximum atomic E-state index is 13.4. The van der Waals surface area contributed by atoms with Gasteiger partial charge in [0.05, 0.1) is 16.3 Å². The molecule has 2 aromatic rings. The quantitative estimate of drug-likeness (QED) is 0.844. The first kappa shape index (κ1) is 14.0. The van der Waals surface area contributed by atoms with Crippen LogP contribution in [0.4, 0.5) is 14.5 Å². The average Bonchev–Trinajstić information content (AvgIpc) is 2.38. The van der Waals surface area contributed by atoms with Gasteiger partial charge in [0.25, 0.3) is 5.91 Å². The van der Waals surface area contributed by atoms with Gasteiger partial charge in [0.1, 0.15) is 0 Å². The van der Waals surface area contributed by atoms with Gasteiger partial charge in [-0.15, -0.1) is 0 Å². The lowest BCUT2D eigenvalue weighted by molar-refractivity contribution is 0.102. The third kappa shape index (κ3) is 2.93. The van der Waals surface area contributed by atoms with E-state index in [1.165, 1.54) is 18.2 Å². The van der Waals surface area contributed by atoms with Crippen molar-refractivity contribution in [3.8, 4) is 0 Å². The Kier molecular flexibility index (Phi) is 4.17. The molecule has 0 bridgehead atoms. The molecule has 0 aliphatic heterocycles. The number of carbonyl (C=O) groups excluding carboxylic acids is 1. The molecule has 98 valence electrons. The monoisotopic (exact) mass is 345 g/mol. The summed E-state index contributed by atoms with van der Waals surface area (Å²) in [5.74, 6) is -2.75. The molecule has 0 unspecified atom stereocenters. The molecule has 1 N–H and O–H groups in total. The minimum atomic E-state index is -1.11. The molecule has 1 amide bonds. The molecule has 2 nitrogen and oxygen atoms in total. The van der Waals surface area contributed by atoms with E-state index in [1.807, 2.05) is 0 Å². The maximum Gasteiger partial charge on any atom is 0.257 e. The second kappa shape index (κ2) is 5.67. The molecule has 2 aromatic carbocycles. The van der Waals surface area contributed by atoms with Crippen molar-refractivity contribution in [1.29, 1.82) is 0 Å². The number of halogens is 4. The molecule has 0 fully saturated rings. The van der Waals surface area contributed by atoms with Gasteiger partial charge < -0.3 is 5.32 Å². The van der Waals surface area contributed by atoms with E-state index in [2.05, 4.69) is 21.2 Å². The molecule has 0 heterocycles. The highest BCUT2D eigenvalue weighted by atomic mass is 79.9. The summed E-state index contributed by atoms with van der Waals surface area (Å²) in [6.07, 6.45) is 0. The molecule has 0 aliphatic carbocycles. The van der Waals surface area contributed by atoms with Crippen molar-refractivity contribution in [1.82, 2.24) is 0 Å². The third-order valence-electron chi connectivity index (χ3n) is 2.40. The van der Waals surface area contributed by atoms with Crippen molar-refractivity contribution in [3.63, 3.8) is 0 Å². The Labute approximate surface area is 121 Å². The first-order valence-corrected chi connectivity index (χ1v) is 6.37. The van der Waals surface area contributed by atoms with Crippen molar-refractivity contribution < 1.29 is 13.6 Å². The zero-order chi connectivity index (χ0) is 14.0. The SMILES string of the molecule is O=C(Nc1cccc(F)c1F)c1cccc(Br)c1Cl. The van der Waals surface area contributed by atoms with Gasteiger partial charge in [-0.25, -0.2) is 8.78 Å². The zero-order valence-corrected chi connectivity index (χ0v) is 11.7. The normalized spacial score (nSPS) is 10.3. The highest BCUT2D eigenvalue weighted by molar-refractivity contribution is 9.10. The molecule has 0 saturated heterocycles. The number of hydrogen-bond acceptors (Lipinski definition) is 1. The Morgan fingerprint density at radius 3 is 2.58 bits per heavy atom. The van der Waals surface area contributed by atoms with Crippen LogP contribution in [0, 0.1) is 11.6 Å². The van der Waals surface area contributed by atoms with Gasteiger partial charge in [-0.05, 0) is 40.2 Å². The second-order valence-corrected chi connectivity index (χ2v) is 4.89. The van der Waals surface area contributed by atoms with Crippen LogP contribution in [-0.2, 0) is 0 Å². The van der Waals surface area contributed by atoms with Crippen LogP contribution < -0.4 is 5.32 Å². The fourth-order valence-electron chi connectivity index (χ4n) is 1.47. The molecule has 19 heavy (non-hydrogen) atoms. The van der Waals surface area contributed by atoms with Gasteiger partial charge in [0.15, 0.2) is 11.6 Å². The van der Waals surface area contributed by atoms with E-state index in [0.29, 0.717) is 4.47 Å². The molecule has 6 heteroatoms. The Hall–Kier alpha value is -1.46. The summed E-state index contributed by atoms with van der Waals surface area (Å²) in [6, 6.07) is 8.31. The highest BCUT2D eigenvalue weighted by Gasteiger charge is 2.15. The number of anilines is 1. The standard InChI is InChI=1S/C13H7BrClF2NO/c14-8-4-1-3-7(11(8)15)13(19)18-10-6-2-5-9(16)12(10)17/h1-6H,(H,18,19). The minimum Gasteiger partial charge on any atom is -0.319 e. The first-order valence-electron chi connectivity index (χ1n) is 5.20. The molecule has 0 aliphatic rings. The lowest BCUT2D eigenvalue weighted by Gasteiger charge is -2.08. The lowest BCUT2D eigenvalue weighted by atomic mass is 10.2. The summed E-state index contributed by atoms with van der Waals surface area (Å²) in [5, 5.41) is 2.48. The lowest BCUT2D eigenvalue weighted by Crippen LogP contribution is -2.14. The largest absolute Gasteiger partial charge is 0.319 e. The van der Waals surface area contributed by atoms with Gasteiger partial charge in [-0.1, -0.05) is 23.7 Å². The van der Waals surface area contributed by atoms with E-state index >= 15 is 0 Å². The summed E-state index contributed by atoms with van der Waals surface area (Å²) < 4.78 is 27.0. The number of nitrogens with one attached hydrogen (secondary N) is 1. The van der Waals surface area contributed by atoms with E-state index in [-0.39, 0.29) is 16.3 Å². The molecule has 0 spiro atoms. The van der Waals surface area contributed by atoms with Crippen LogP contribution >= 0.6 is 27.5 Å². The van der Waals surface area contributed by atoms with Crippen LogP contribution in [0.15, 0.2) is 40.9 Å². The summed E-state index contributed by atoms with van der Waals surface area (Å²) >= 11 is 9.13. The number of rotatable bonds is 2. The number of hydrogen-bond donors (Lipinski definition) is 1. The minimum absolute atomic E-state index is 0.166. The van der Waals surface area contributed by atoms with E-state index in [9.17, 15) is 13.6 Å². The molecular formula is C13H7BrClF2NO. The van der Waals surface area contributed by atoms with Crippen LogP contribution in [0.1, 0.15) is 10.4 Å². The summed E-state index contributed by atoms with van der Waals surface area (Å²) in [7, 11) is 0. The predicted molar refractivity (Wildman–Crippen MR) is 73.5 cm³/mol. The summed E-state index contributed by atoms with van der Waals surface area (Å²) in [4.78, 5) is 11.9. The van der Waals surface area contributed by atoms with Crippen molar-refractivity contribution in [2.24, 2.45) is 0 Å². The molecule has 0 atom stereocenters. The summed E-state index contributed by atoms with van der Waals surface area (Å²) in [5.41, 5.74) is -0.0688. The zero-order valence-electron chi connectivity index (χ0n) is 9.38. The van der Waals surface area contributed by atoms with Gasteiger partial charge >= 0.3 is 0 Å². The number of carbonyl (C=O) groups is 1. The van der Waals surface area contributed by atoms with Crippen LogP contribution in [0.5, 0.6) is 0 Å². The molecular weight excluding hydrogens is 340 g/mol. The molecule has 2 rings (SSSR count). The van der Waals surface area contributed by atoms with Crippen molar-refractivity contribution in [2.45, 2.75) is 0 Å². The third-order valence-corrected chi connectivity index (χ3v) is 3.69. The molecule has 0 aromatic heterocycles. The van der Waals surface area contributed by atoms with E-state index in [4.69, 9.17) is 11.6 Å². The van der Waals surface area contributed by atoms with Crippen LogP contribution in [0.25, 0.3) is 0 Å². The van der Waals surface area contributed by atoms with Gasteiger partial charge in [0.2, 0.25) is 0 Å². The smallest absolute Gasteiger partial charge is 0.257 e. The van der Waals surface area contributed by atoms with Crippen molar-refractivity contribution >= 4 is 39.1 Å². The topological polar surface area (TPSA) is 29.1 Å². The molecule has 0 radical (unpaired) electrons. The number of amides is 1. The van der Waals surface area contributed by atoms with E-state index in [1.54, 1.807) is 12.1 Å². The summed E-state index contributed by atoms with van der Waals surface area (Å²) in [6.45, 7) is 0. The van der Waals surface area contributed by atoms with Crippen LogP contribution in [0.3, 0.4) is 0 Å². The van der Waals surface area contributed by atoms with E-state index in [0.717, 1.165) is 6.07 Å². The second-order valence-electron chi connectivity index (χ2n) is 3.66. The molecule has 0 saturated carbocycles. The highest BCUT2D eigenvalue weighted by Crippen LogP contribution is 2.27. The Bertz CT molecular complexity index is 649. The average molecular weight is 347 g/mol. The van der Waals surface area contributed by atoms with Crippen molar-refractivity contribution in [3.05, 3.63) is 63.1 Å². The fraction of sp³-hybridized carbons (Fsp3) is 0. The Balaban J connectivity index is 2.31. The van der Waals surface area contributed by atoms with Gasteiger partial charge in [-0.2, -0.15) is 0 Å². The Morgan fingerprint density at radius 1 is 1.16 bits per heavy atom. The van der Waals surface area contributed by atoms with Crippen molar-refractivity contribution in [2.75, 3.05) is 5.32 Å².